The van der Waals surface area contributed by atoms with Crippen LogP contribution in [0.2, 0.25) is 0 Å². The highest BCUT2D eigenvalue weighted by Crippen LogP contribution is 2.66. The second kappa shape index (κ2) is 10.7. The molecule has 1 N–H and O–H groups in total. The van der Waals surface area contributed by atoms with Gasteiger partial charge in [-0.15, -0.1) is 0 Å². The average molecular weight is 526 g/mol. The molecule has 0 aromatic heterocycles. The number of hydrogen-bond acceptors (Lipinski definition) is 5. The van der Waals surface area contributed by atoms with Crippen molar-refractivity contribution in [1.29, 1.82) is 0 Å². The van der Waals surface area contributed by atoms with Crippen molar-refractivity contribution in [3.05, 3.63) is 11.6 Å². The predicted molar refractivity (Wildman–Crippen MR) is 152 cm³/mol. The Morgan fingerprint density at radius 1 is 1.13 bits per heavy atom. The molecule has 0 aromatic rings. The summed E-state index contributed by atoms with van der Waals surface area (Å²) in [7, 11) is 0. The number of ketones is 1. The predicted octanol–water partition coefficient (Wildman–Crippen LogP) is 6.60. The van der Waals surface area contributed by atoms with Crippen LogP contribution in [0.4, 0.5) is 4.79 Å². The van der Waals surface area contributed by atoms with Crippen LogP contribution < -0.4 is 5.32 Å². The largest absolute Gasteiger partial charge is 0.436 e. The Kier molecular flexibility index (Phi) is 7.85. The van der Waals surface area contributed by atoms with Gasteiger partial charge in [-0.05, 0) is 111 Å². The fourth-order valence-corrected chi connectivity index (χ4v) is 9.52. The van der Waals surface area contributed by atoms with Crippen LogP contribution in [0.25, 0.3) is 0 Å². The van der Waals surface area contributed by atoms with Crippen LogP contribution in [0, 0.1) is 46.3 Å². The van der Waals surface area contributed by atoms with E-state index in [1.807, 2.05) is 11.0 Å². The quantitative estimate of drug-likeness (QED) is 0.241. The highest BCUT2D eigenvalue weighted by molar-refractivity contribution is 5.91. The number of amides is 1. The topological polar surface area (TPSA) is 71.0 Å². The molecule has 1 saturated heterocycles. The summed E-state index contributed by atoms with van der Waals surface area (Å²) in [4.78, 5) is 32.8. The summed E-state index contributed by atoms with van der Waals surface area (Å²) in [5.74, 6) is 3.76. The molecule has 6 nitrogen and oxygen atoms in total. The van der Waals surface area contributed by atoms with Crippen LogP contribution >= 0.6 is 0 Å². The molecule has 4 aliphatic carbocycles. The number of carbonyl (C=O) groups is 2. The van der Waals surface area contributed by atoms with Crippen molar-refractivity contribution in [1.82, 2.24) is 10.2 Å². The molecule has 8 atom stereocenters. The van der Waals surface area contributed by atoms with E-state index in [1.165, 1.54) is 31.3 Å². The molecular formula is C32H51N3O3. The monoisotopic (exact) mass is 525 g/mol. The number of allylic oxidation sites excluding steroid dienone is 1. The summed E-state index contributed by atoms with van der Waals surface area (Å²) in [6.07, 6.45) is 11.7. The van der Waals surface area contributed by atoms with Gasteiger partial charge < -0.3 is 10.2 Å². The van der Waals surface area contributed by atoms with Gasteiger partial charge in [-0.3, -0.25) is 9.63 Å². The van der Waals surface area contributed by atoms with Gasteiger partial charge in [0.1, 0.15) is 0 Å². The molecule has 212 valence electrons. The summed E-state index contributed by atoms with van der Waals surface area (Å²) >= 11 is 0. The van der Waals surface area contributed by atoms with Crippen LogP contribution in [0.3, 0.4) is 0 Å². The third-order valence-electron chi connectivity index (χ3n) is 11.7. The zero-order valence-electron chi connectivity index (χ0n) is 24.7. The minimum Gasteiger partial charge on any atom is -0.312 e. The zero-order valence-corrected chi connectivity index (χ0v) is 24.7. The van der Waals surface area contributed by atoms with Crippen molar-refractivity contribution in [2.75, 3.05) is 19.6 Å². The van der Waals surface area contributed by atoms with Crippen molar-refractivity contribution < 1.29 is 14.4 Å². The lowest BCUT2D eigenvalue weighted by atomic mass is 9.46. The average Bonchev–Trinajstić information content (AvgIpc) is 3.44. The molecule has 5 aliphatic rings. The van der Waals surface area contributed by atoms with E-state index in [0.29, 0.717) is 60.9 Å². The molecule has 0 spiro atoms. The summed E-state index contributed by atoms with van der Waals surface area (Å²) in [5, 5.41) is 8.06. The Balaban J connectivity index is 1.26. The molecule has 1 heterocycles. The number of nitrogens with zero attached hydrogens (tertiary/aromatic N) is 2. The van der Waals surface area contributed by atoms with Crippen molar-refractivity contribution in [3.63, 3.8) is 0 Å². The molecule has 5 rings (SSSR count). The summed E-state index contributed by atoms with van der Waals surface area (Å²) in [5.41, 5.74) is 2.85. The first kappa shape index (κ1) is 27.9. The fraction of sp³-hybridized carbons (Fsp3) is 0.844. The van der Waals surface area contributed by atoms with E-state index in [4.69, 9.17) is 4.84 Å². The molecule has 2 unspecified atom stereocenters. The highest BCUT2D eigenvalue weighted by atomic mass is 16.7. The van der Waals surface area contributed by atoms with E-state index in [2.05, 4.69) is 52.0 Å². The zero-order chi connectivity index (χ0) is 27.2. The smallest absolute Gasteiger partial charge is 0.312 e. The number of oxime groups is 1. The maximum Gasteiger partial charge on any atom is 0.436 e. The van der Waals surface area contributed by atoms with Gasteiger partial charge in [-0.1, -0.05) is 45.3 Å². The van der Waals surface area contributed by atoms with Crippen LogP contribution in [-0.4, -0.2) is 48.2 Å². The first-order valence-electron chi connectivity index (χ1n) is 15.5. The van der Waals surface area contributed by atoms with Crippen LogP contribution in [0.1, 0.15) is 99.3 Å². The molecule has 6 heteroatoms. The lowest BCUT2D eigenvalue weighted by molar-refractivity contribution is -0.117. The lowest BCUT2D eigenvalue weighted by Crippen LogP contribution is -2.51. The maximum absolute atomic E-state index is 13.2. The van der Waals surface area contributed by atoms with E-state index in [0.717, 1.165) is 43.9 Å². The van der Waals surface area contributed by atoms with Crippen LogP contribution in [-0.2, 0) is 9.63 Å². The van der Waals surface area contributed by atoms with Gasteiger partial charge in [0, 0.05) is 31.5 Å². The van der Waals surface area contributed by atoms with Crippen LogP contribution in [0.5, 0.6) is 0 Å². The van der Waals surface area contributed by atoms with E-state index in [-0.39, 0.29) is 16.9 Å². The molecule has 1 aliphatic heterocycles. The molecule has 0 aromatic carbocycles. The molecule has 1 amide bonds. The fourth-order valence-electron chi connectivity index (χ4n) is 9.52. The number of hydrogen-bond donors (Lipinski definition) is 1. The molecule has 3 saturated carbocycles. The van der Waals surface area contributed by atoms with Crippen molar-refractivity contribution in [2.45, 2.75) is 105 Å². The minimum absolute atomic E-state index is 0.209. The van der Waals surface area contributed by atoms with Crippen LogP contribution in [0.15, 0.2) is 16.8 Å². The van der Waals surface area contributed by atoms with Crippen molar-refractivity contribution >= 4 is 17.6 Å². The normalized spacial score (nSPS) is 40.9. The van der Waals surface area contributed by atoms with Gasteiger partial charge in [0.2, 0.25) is 0 Å². The van der Waals surface area contributed by atoms with Gasteiger partial charge >= 0.3 is 6.09 Å². The Morgan fingerprint density at radius 2 is 1.92 bits per heavy atom. The Labute approximate surface area is 230 Å². The van der Waals surface area contributed by atoms with E-state index >= 15 is 0 Å². The molecule has 38 heavy (non-hydrogen) atoms. The van der Waals surface area contributed by atoms with Crippen molar-refractivity contribution in [3.8, 4) is 0 Å². The van der Waals surface area contributed by atoms with Gasteiger partial charge in [0.15, 0.2) is 5.78 Å². The third-order valence-corrected chi connectivity index (χ3v) is 11.7. The summed E-state index contributed by atoms with van der Waals surface area (Å²) in [6.45, 7) is 16.0. The lowest BCUT2D eigenvalue weighted by Gasteiger charge is -2.58. The number of carbonyl (C=O) groups excluding carboxylic acids is 2. The standard InChI is InChI=1S/C32H51N3O3/c1-20(2)18-35(19-29-21(3)13-16-33-29)30(37)38-34-22(4)26-9-10-27-25-8-7-23-17-24(36)11-14-31(23,5)28(25)12-15-32(26,27)6/h17,20-21,25-29,33H,7-16,18-19H2,1-6H3/b34-22+/t21?,25-,26+,27-,28-,29?,31-,32+/m0/s1. The Bertz CT molecular complexity index is 988. The Morgan fingerprint density at radius 3 is 2.63 bits per heavy atom. The highest BCUT2D eigenvalue weighted by Gasteiger charge is 2.59. The van der Waals surface area contributed by atoms with Gasteiger partial charge in [0.05, 0.1) is 5.71 Å². The molecule has 4 fully saturated rings. The third kappa shape index (κ3) is 4.99. The Hall–Kier alpha value is -1.69. The summed E-state index contributed by atoms with van der Waals surface area (Å²) < 4.78 is 0. The van der Waals surface area contributed by atoms with Gasteiger partial charge in [-0.2, -0.15) is 0 Å². The van der Waals surface area contributed by atoms with Crippen molar-refractivity contribution in [2.24, 2.45) is 51.5 Å². The first-order valence-corrected chi connectivity index (χ1v) is 15.5. The first-order chi connectivity index (χ1) is 18.0. The van der Waals surface area contributed by atoms with E-state index < -0.39 is 0 Å². The van der Waals surface area contributed by atoms with E-state index in [9.17, 15) is 9.59 Å². The van der Waals surface area contributed by atoms with Gasteiger partial charge in [-0.25, -0.2) is 4.79 Å². The minimum atomic E-state index is -0.311. The number of fused-ring (bicyclic) bond motifs is 5. The van der Waals surface area contributed by atoms with E-state index in [1.54, 1.807) is 0 Å². The molecular weight excluding hydrogens is 474 g/mol. The SMILES string of the molecule is C/C(=N\OC(=O)N(CC(C)C)CC1NCCC1C)[C@H]1CC[C@H]2[C@@H]3CCC4=CC(=O)CC[C@]4(C)[C@H]3CC[C@]12C. The molecule has 0 bridgehead atoms. The van der Waals surface area contributed by atoms with Gasteiger partial charge in [0.25, 0.3) is 0 Å². The number of rotatable bonds is 6. The maximum atomic E-state index is 13.2. The number of nitrogens with one attached hydrogen (secondary N) is 1. The second-order valence-electron chi connectivity index (χ2n) is 14.4. The molecule has 0 radical (unpaired) electrons. The second-order valence-corrected chi connectivity index (χ2v) is 14.4. The summed E-state index contributed by atoms with van der Waals surface area (Å²) in [6, 6.07) is 0.325.